The van der Waals surface area contributed by atoms with Crippen molar-refractivity contribution in [3.05, 3.63) is 105 Å². The van der Waals surface area contributed by atoms with Crippen molar-refractivity contribution in [3.8, 4) is 0 Å². The van der Waals surface area contributed by atoms with Gasteiger partial charge in [0.15, 0.2) is 0 Å². The molecule has 0 aliphatic rings. The Labute approximate surface area is 238 Å². The van der Waals surface area contributed by atoms with Crippen molar-refractivity contribution in [3.63, 3.8) is 0 Å². The molecule has 0 amide bonds. The van der Waals surface area contributed by atoms with Crippen molar-refractivity contribution >= 4 is 0 Å². The Bertz CT molecular complexity index is 902. The molecule has 0 saturated carbocycles. The number of aryl methyl sites for hydroxylation is 9. The van der Waals surface area contributed by atoms with Crippen molar-refractivity contribution in [2.75, 3.05) is 0 Å². The van der Waals surface area contributed by atoms with Crippen LogP contribution in [0.25, 0.3) is 0 Å². The van der Waals surface area contributed by atoms with Crippen molar-refractivity contribution < 1.29 is 0 Å². The van der Waals surface area contributed by atoms with Gasteiger partial charge in [0.2, 0.25) is 0 Å². The SMILES string of the molecule is C.CC.CCC.CCc1cc(CC)cc(CCc2cc(CC)cc(CCc3cc(CC)cc(CC)c3)c2)c1. The number of benzene rings is 3. The minimum absolute atomic E-state index is 0. The fourth-order valence-corrected chi connectivity index (χ4v) is 4.69. The van der Waals surface area contributed by atoms with E-state index in [4.69, 9.17) is 0 Å². The lowest BCUT2D eigenvalue weighted by molar-refractivity contribution is 0.911. The van der Waals surface area contributed by atoms with Crippen LogP contribution in [0, 0.1) is 0 Å². The van der Waals surface area contributed by atoms with E-state index < -0.39 is 0 Å². The van der Waals surface area contributed by atoms with E-state index in [1.54, 1.807) is 0 Å². The summed E-state index contributed by atoms with van der Waals surface area (Å²) in [5.74, 6) is 0. The Morgan fingerprint density at radius 2 is 0.447 bits per heavy atom. The van der Waals surface area contributed by atoms with Crippen LogP contribution in [0.4, 0.5) is 0 Å². The van der Waals surface area contributed by atoms with Gasteiger partial charge >= 0.3 is 0 Å². The van der Waals surface area contributed by atoms with Gasteiger partial charge in [0.05, 0.1) is 0 Å². The summed E-state index contributed by atoms with van der Waals surface area (Å²) in [5.41, 5.74) is 13.4. The fraction of sp³-hybridized carbons (Fsp3) is 0.526. The lowest BCUT2D eigenvalue weighted by atomic mass is 9.93. The van der Waals surface area contributed by atoms with E-state index in [0.29, 0.717) is 0 Å². The Morgan fingerprint density at radius 3 is 0.605 bits per heavy atom. The van der Waals surface area contributed by atoms with Crippen LogP contribution >= 0.6 is 0 Å². The number of hydrogen-bond donors (Lipinski definition) is 0. The van der Waals surface area contributed by atoms with Gasteiger partial charge in [0.1, 0.15) is 0 Å². The predicted molar refractivity (Wildman–Crippen MR) is 175 cm³/mol. The maximum atomic E-state index is 2.47. The molecule has 0 N–H and O–H groups in total. The fourth-order valence-electron chi connectivity index (χ4n) is 4.69. The van der Waals surface area contributed by atoms with Crippen molar-refractivity contribution in [2.24, 2.45) is 0 Å². The zero-order valence-corrected chi connectivity index (χ0v) is 25.8. The van der Waals surface area contributed by atoms with Gasteiger partial charge in [-0.05, 0) is 108 Å². The smallest absolute Gasteiger partial charge is 0.0238 e. The van der Waals surface area contributed by atoms with Crippen LogP contribution in [-0.4, -0.2) is 0 Å². The van der Waals surface area contributed by atoms with Gasteiger partial charge in [-0.15, -0.1) is 0 Å². The van der Waals surface area contributed by atoms with E-state index in [2.05, 4.69) is 103 Å². The van der Waals surface area contributed by atoms with E-state index in [-0.39, 0.29) is 7.43 Å². The average Bonchev–Trinajstić information content (AvgIpc) is 2.95. The third kappa shape index (κ3) is 12.5. The Kier molecular flexibility index (Phi) is 19.3. The molecule has 0 aromatic heterocycles. The Balaban J connectivity index is 0.00000213. The molecular formula is C38H60. The first-order valence-corrected chi connectivity index (χ1v) is 15.3. The molecule has 212 valence electrons. The summed E-state index contributed by atoms with van der Waals surface area (Å²) < 4.78 is 0. The molecule has 0 bridgehead atoms. The lowest BCUT2D eigenvalue weighted by Crippen LogP contribution is -2.00. The largest absolute Gasteiger partial charge is 0.0776 e. The normalized spacial score (nSPS) is 10.0. The molecule has 0 fully saturated rings. The number of rotatable bonds is 11. The van der Waals surface area contributed by atoms with Crippen LogP contribution in [0.3, 0.4) is 0 Å². The predicted octanol–water partition coefficient (Wildman–Crippen LogP) is 11.1. The molecule has 0 spiro atoms. The van der Waals surface area contributed by atoms with Crippen molar-refractivity contribution in [1.82, 2.24) is 0 Å². The highest BCUT2D eigenvalue weighted by Crippen LogP contribution is 2.19. The van der Waals surface area contributed by atoms with Gasteiger partial charge in [0.25, 0.3) is 0 Å². The first-order chi connectivity index (χ1) is 18.0. The van der Waals surface area contributed by atoms with Gasteiger partial charge < -0.3 is 0 Å². The van der Waals surface area contributed by atoms with E-state index in [0.717, 1.165) is 57.8 Å². The zero-order valence-electron chi connectivity index (χ0n) is 25.8. The summed E-state index contributed by atoms with van der Waals surface area (Å²) in [7, 11) is 0. The average molecular weight is 517 g/mol. The molecule has 0 aliphatic heterocycles. The third-order valence-electron chi connectivity index (χ3n) is 6.78. The van der Waals surface area contributed by atoms with Crippen LogP contribution in [0.15, 0.2) is 54.6 Å². The highest BCUT2D eigenvalue weighted by molar-refractivity contribution is 5.35. The highest BCUT2D eigenvalue weighted by Gasteiger charge is 2.06. The molecule has 3 aromatic carbocycles. The zero-order chi connectivity index (χ0) is 27.6. The second-order valence-corrected chi connectivity index (χ2v) is 9.95. The summed E-state index contributed by atoms with van der Waals surface area (Å²) >= 11 is 0. The van der Waals surface area contributed by atoms with Gasteiger partial charge in [-0.1, -0.05) is 131 Å². The minimum atomic E-state index is 0. The van der Waals surface area contributed by atoms with Crippen molar-refractivity contribution in [2.45, 2.75) is 134 Å². The highest BCUT2D eigenvalue weighted by atomic mass is 14.1. The van der Waals surface area contributed by atoms with Crippen molar-refractivity contribution in [1.29, 1.82) is 0 Å². The summed E-state index contributed by atoms with van der Waals surface area (Å²) in [4.78, 5) is 0. The van der Waals surface area contributed by atoms with Gasteiger partial charge in [-0.25, -0.2) is 0 Å². The van der Waals surface area contributed by atoms with E-state index in [9.17, 15) is 0 Å². The molecule has 0 atom stereocenters. The molecule has 38 heavy (non-hydrogen) atoms. The van der Waals surface area contributed by atoms with Crippen LogP contribution < -0.4 is 0 Å². The molecule has 0 heterocycles. The van der Waals surface area contributed by atoms with Gasteiger partial charge in [-0.2, -0.15) is 0 Å². The van der Waals surface area contributed by atoms with E-state index >= 15 is 0 Å². The summed E-state index contributed by atoms with van der Waals surface area (Å²) in [6.07, 6.45) is 11.4. The van der Waals surface area contributed by atoms with Gasteiger partial charge in [-0.3, -0.25) is 0 Å². The van der Waals surface area contributed by atoms with Crippen LogP contribution in [-0.2, 0) is 57.8 Å². The van der Waals surface area contributed by atoms with E-state index in [1.807, 2.05) is 13.8 Å². The summed E-state index contributed by atoms with van der Waals surface area (Å²) in [6, 6.07) is 21.7. The summed E-state index contributed by atoms with van der Waals surface area (Å²) in [5, 5.41) is 0. The molecule has 3 aromatic rings. The standard InChI is InChI=1S/C32H42.C3H8.C2H6.CH4/c1-6-24-15-25(7-2)18-29(17-24)11-13-31-21-28(10-5)22-32(23-31)14-12-30-19-26(8-3)16-27(9-4)20-30;1-3-2;1-2;/h15-23H,6-14H2,1-5H3;3H2,1-2H3;1-2H3;1H4. The first-order valence-electron chi connectivity index (χ1n) is 15.3. The first kappa shape index (κ1) is 35.7. The monoisotopic (exact) mass is 516 g/mol. The van der Waals surface area contributed by atoms with Gasteiger partial charge in [0, 0.05) is 0 Å². The van der Waals surface area contributed by atoms with Crippen LogP contribution in [0.1, 0.15) is 126 Å². The Hall–Kier alpha value is -2.34. The third-order valence-corrected chi connectivity index (χ3v) is 6.78. The molecule has 0 unspecified atom stereocenters. The van der Waals surface area contributed by atoms with Crippen LogP contribution in [0.5, 0.6) is 0 Å². The molecular weight excluding hydrogens is 456 g/mol. The van der Waals surface area contributed by atoms with Crippen LogP contribution in [0.2, 0.25) is 0 Å². The van der Waals surface area contributed by atoms with E-state index in [1.165, 1.54) is 56.5 Å². The molecule has 3 rings (SSSR count). The maximum absolute atomic E-state index is 2.47. The molecule has 0 radical (unpaired) electrons. The molecule has 0 saturated heterocycles. The summed E-state index contributed by atoms with van der Waals surface area (Å²) in [6.45, 7) is 19.6. The molecule has 0 heteroatoms. The quantitative estimate of drug-likeness (QED) is 0.238. The topological polar surface area (TPSA) is 0 Å². The second-order valence-electron chi connectivity index (χ2n) is 9.95. The second kappa shape index (κ2) is 20.6. The lowest BCUT2D eigenvalue weighted by Gasteiger charge is -2.12. The Morgan fingerprint density at radius 1 is 0.316 bits per heavy atom. The number of hydrogen-bond acceptors (Lipinski definition) is 0. The molecule has 0 nitrogen and oxygen atoms in total. The molecule has 0 aliphatic carbocycles. The maximum Gasteiger partial charge on any atom is -0.0238 e. The minimum Gasteiger partial charge on any atom is -0.0776 e.